The first-order valence-electron chi connectivity index (χ1n) is 6.10. The average molecular weight is 250 g/mol. The van der Waals surface area contributed by atoms with Gasteiger partial charge in [0.05, 0.1) is 11.3 Å². The SMILES string of the molecule is CC1(C)CCCC1Nc1ccc(C#N)c(F)c1F. The van der Waals surface area contributed by atoms with Gasteiger partial charge in [0, 0.05) is 6.04 Å². The highest BCUT2D eigenvalue weighted by Gasteiger charge is 2.34. The Balaban J connectivity index is 2.26. The summed E-state index contributed by atoms with van der Waals surface area (Å²) in [6.45, 7) is 4.24. The smallest absolute Gasteiger partial charge is 0.183 e. The van der Waals surface area contributed by atoms with Crippen molar-refractivity contribution in [3.63, 3.8) is 0 Å². The lowest BCUT2D eigenvalue weighted by molar-refractivity contribution is 0.348. The molecule has 1 atom stereocenters. The van der Waals surface area contributed by atoms with Gasteiger partial charge in [-0.2, -0.15) is 5.26 Å². The summed E-state index contributed by atoms with van der Waals surface area (Å²) >= 11 is 0. The van der Waals surface area contributed by atoms with E-state index >= 15 is 0 Å². The minimum atomic E-state index is -1.07. The predicted molar refractivity (Wildman–Crippen MR) is 66.1 cm³/mol. The van der Waals surface area contributed by atoms with Crippen LogP contribution in [0.1, 0.15) is 38.7 Å². The number of halogens is 2. The van der Waals surface area contributed by atoms with Crippen LogP contribution in [0, 0.1) is 28.4 Å². The van der Waals surface area contributed by atoms with Gasteiger partial charge in [-0.05, 0) is 30.4 Å². The highest BCUT2D eigenvalue weighted by atomic mass is 19.2. The Bertz CT molecular complexity index is 503. The number of nitriles is 1. The minimum Gasteiger partial charge on any atom is -0.379 e. The first-order valence-corrected chi connectivity index (χ1v) is 6.10. The fourth-order valence-corrected chi connectivity index (χ4v) is 2.53. The highest BCUT2D eigenvalue weighted by molar-refractivity contribution is 5.50. The van der Waals surface area contributed by atoms with E-state index in [1.807, 2.05) is 0 Å². The summed E-state index contributed by atoms with van der Waals surface area (Å²) in [6.07, 6.45) is 3.12. The Labute approximate surface area is 106 Å². The lowest BCUT2D eigenvalue weighted by Crippen LogP contribution is -2.31. The van der Waals surface area contributed by atoms with Gasteiger partial charge >= 0.3 is 0 Å². The largest absolute Gasteiger partial charge is 0.379 e. The molecule has 2 rings (SSSR count). The van der Waals surface area contributed by atoms with Crippen LogP contribution in [0.25, 0.3) is 0 Å². The van der Waals surface area contributed by atoms with Crippen LogP contribution in [-0.2, 0) is 0 Å². The van der Waals surface area contributed by atoms with Crippen LogP contribution in [0.4, 0.5) is 14.5 Å². The third kappa shape index (κ3) is 2.17. The van der Waals surface area contributed by atoms with E-state index in [4.69, 9.17) is 5.26 Å². The summed E-state index contributed by atoms with van der Waals surface area (Å²) in [5.41, 5.74) is -0.0354. The maximum Gasteiger partial charge on any atom is 0.183 e. The lowest BCUT2D eigenvalue weighted by atomic mass is 9.87. The molecule has 4 heteroatoms. The molecule has 1 aliphatic carbocycles. The fraction of sp³-hybridized carbons (Fsp3) is 0.500. The number of anilines is 1. The minimum absolute atomic E-state index is 0.0802. The molecule has 0 aromatic heterocycles. The summed E-state index contributed by atoms with van der Waals surface area (Å²) in [4.78, 5) is 0. The van der Waals surface area contributed by atoms with Gasteiger partial charge in [0.2, 0.25) is 0 Å². The Hall–Kier alpha value is -1.63. The maximum atomic E-state index is 13.8. The molecular weight excluding hydrogens is 234 g/mol. The summed E-state index contributed by atoms with van der Waals surface area (Å²) in [6, 6.07) is 4.51. The molecule has 0 bridgehead atoms. The van der Waals surface area contributed by atoms with Gasteiger partial charge in [0.25, 0.3) is 0 Å². The first kappa shape index (κ1) is 12.8. The van der Waals surface area contributed by atoms with Crippen LogP contribution in [-0.4, -0.2) is 6.04 Å². The van der Waals surface area contributed by atoms with E-state index in [1.54, 1.807) is 6.07 Å². The molecule has 1 unspecified atom stereocenters. The molecule has 1 fully saturated rings. The summed E-state index contributed by atoms with van der Waals surface area (Å²) in [5, 5.41) is 11.7. The quantitative estimate of drug-likeness (QED) is 0.866. The third-order valence-corrected chi connectivity index (χ3v) is 3.79. The molecule has 1 saturated carbocycles. The summed E-state index contributed by atoms with van der Waals surface area (Å²) in [5.74, 6) is -2.03. The van der Waals surface area contributed by atoms with Crippen LogP contribution in [0.3, 0.4) is 0 Å². The zero-order valence-corrected chi connectivity index (χ0v) is 10.6. The van der Waals surface area contributed by atoms with E-state index in [0.29, 0.717) is 0 Å². The summed E-state index contributed by atoms with van der Waals surface area (Å²) < 4.78 is 27.3. The van der Waals surface area contributed by atoms with Crippen molar-refractivity contribution < 1.29 is 8.78 Å². The van der Waals surface area contributed by atoms with Crippen LogP contribution in [0.15, 0.2) is 12.1 Å². The van der Waals surface area contributed by atoms with Crippen molar-refractivity contribution in [2.75, 3.05) is 5.32 Å². The van der Waals surface area contributed by atoms with Gasteiger partial charge in [-0.25, -0.2) is 8.78 Å². The Morgan fingerprint density at radius 3 is 2.61 bits per heavy atom. The van der Waals surface area contributed by atoms with Gasteiger partial charge in [-0.3, -0.25) is 0 Å². The van der Waals surface area contributed by atoms with Crippen molar-refractivity contribution >= 4 is 5.69 Å². The van der Waals surface area contributed by atoms with E-state index in [9.17, 15) is 8.78 Å². The molecule has 18 heavy (non-hydrogen) atoms. The molecule has 0 saturated heterocycles. The van der Waals surface area contributed by atoms with Crippen LogP contribution >= 0.6 is 0 Å². The standard InChI is InChI=1S/C14H16F2N2/c1-14(2)7-3-4-11(14)18-10-6-5-9(8-17)12(15)13(10)16/h5-6,11,18H,3-4,7H2,1-2H3. The van der Waals surface area contributed by atoms with Gasteiger partial charge in [-0.15, -0.1) is 0 Å². The molecule has 0 radical (unpaired) electrons. The normalized spacial score (nSPS) is 21.6. The molecule has 96 valence electrons. The van der Waals surface area contributed by atoms with Gasteiger partial charge < -0.3 is 5.32 Å². The number of nitrogens with one attached hydrogen (secondary N) is 1. The number of hydrogen-bond donors (Lipinski definition) is 1. The molecule has 0 amide bonds. The number of benzene rings is 1. The first-order chi connectivity index (χ1) is 8.45. The fourth-order valence-electron chi connectivity index (χ4n) is 2.53. The zero-order chi connectivity index (χ0) is 13.3. The molecule has 2 nitrogen and oxygen atoms in total. The Kier molecular flexibility index (Phi) is 3.25. The van der Waals surface area contributed by atoms with Crippen LogP contribution < -0.4 is 5.32 Å². The molecule has 1 N–H and O–H groups in total. The van der Waals surface area contributed by atoms with E-state index in [1.165, 1.54) is 12.1 Å². The Morgan fingerprint density at radius 2 is 2.06 bits per heavy atom. The van der Waals surface area contributed by atoms with Gasteiger partial charge in [-0.1, -0.05) is 20.3 Å². The maximum absolute atomic E-state index is 13.8. The van der Waals surface area contributed by atoms with Crippen LogP contribution in [0.2, 0.25) is 0 Å². The number of nitrogens with zero attached hydrogens (tertiary/aromatic N) is 1. The highest BCUT2D eigenvalue weighted by Crippen LogP contribution is 2.39. The molecule has 1 aromatic rings. The third-order valence-electron chi connectivity index (χ3n) is 3.79. The lowest BCUT2D eigenvalue weighted by Gasteiger charge is -2.28. The van der Waals surface area contributed by atoms with E-state index < -0.39 is 11.6 Å². The van der Waals surface area contributed by atoms with Gasteiger partial charge in [0.1, 0.15) is 6.07 Å². The van der Waals surface area contributed by atoms with Crippen LogP contribution in [0.5, 0.6) is 0 Å². The second kappa shape index (κ2) is 4.56. The number of hydrogen-bond acceptors (Lipinski definition) is 2. The average Bonchev–Trinajstić information content (AvgIpc) is 2.65. The van der Waals surface area contributed by atoms with Gasteiger partial charge in [0.15, 0.2) is 11.6 Å². The molecule has 0 spiro atoms. The molecule has 0 aliphatic heterocycles. The zero-order valence-electron chi connectivity index (χ0n) is 10.6. The molecule has 0 heterocycles. The number of rotatable bonds is 2. The van der Waals surface area contributed by atoms with Crippen molar-refractivity contribution in [3.8, 4) is 6.07 Å². The second-order valence-electron chi connectivity index (χ2n) is 5.48. The Morgan fingerprint density at radius 1 is 1.33 bits per heavy atom. The monoisotopic (exact) mass is 250 g/mol. The molecular formula is C14H16F2N2. The van der Waals surface area contributed by atoms with E-state index in [0.717, 1.165) is 19.3 Å². The molecule has 1 aliphatic rings. The predicted octanol–water partition coefficient (Wildman–Crippen LogP) is 3.83. The van der Waals surface area contributed by atoms with E-state index in [-0.39, 0.29) is 22.7 Å². The summed E-state index contributed by atoms with van der Waals surface area (Å²) in [7, 11) is 0. The van der Waals surface area contributed by atoms with Crippen molar-refractivity contribution in [1.29, 1.82) is 5.26 Å². The van der Waals surface area contributed by atoms with Crippen molar-refractivity contribution in [2.24, 2.45) is 5.41 Å². The topological polar surface area (TPSA) is 35.8 Å². The van der Waals surface area contributed by atoms with Crippen molar-refractivity contribution in [1.82, 2.24) is 0 Å². The molecule has 1 aromatic carbocycles. The van der Waals surface area contributed by atoms with Crippen molar-refractivity contribution in [3.05, 3.63) is 29.3 Å². The second-order valence-corrected chi connectivity index (χ2v) is 5.48. The van der Waals surface area contributed by atoms with Crippen molar-refractivity contribution in [2.45, 2.75) is 39.2 Å². The van der Waals surface area contributed by atoms with E-state index in [2.05, 4.69) is 19.2 Å².